The van der Waals surface area contributed by atoms with E-state index < -0.39 is 0 Å². The first-order chi connectivity index (χ1) is 12.3. The summed E-state index contributed by atoms with van der Waals surface area (Å²) in [6.45, 7) is 3.95. The molecule has 2 aromatic rings. The van der Waals surface area contributed by atoms with Crippen LogP contribution in [0.4, 0.5) is 0 Å². The molecule has 1 aromatic heterocycles. The molecule has 0 radical (unpaired) electrons. The second kappa shape index (κ2) is 7.41. The second-order valence-electron chi connectivity index (χ2n) is 6.36. The SMILES string of the molecule is O=C(Cc1csc(CN2CCCC2)n1)NCc1ccc2c(c1)OCO2. The number of carbonyl (C=O) groups excluding carboxylic acids is 1. The van der Waals surface area contributed by atoms with E-state index in [0.717, 1.165) is 47.4 Å². The van der Waals surface area contributed by atoms with E-state index in [1.54, 1.807) is 11.3 Å². The number of rotatable bonds is 6. The Morgan fingerprint density at radius 2 is 2.08 bits per heavy atom. The lowest BCUT2D eigenvalue weighted by molar-refractivity contribution is -0.120. The molecular formula is C18H21N3O3S. The number of nitrogens with zero attached hydrogens (tertiary/aromatic N) is 2. The average molecular weight is 359 g/mol. The van der Waals surface area contributed by atoms with Crippen molar-refractivity contribution in [3.63, 3.8) is 0 Å². The number of aromatic nitrogens is 1. The minimum absolute atomic E-state index is 0.0179. The number of carbonyl (C=O) groups is 1. The van der Waals surface area contributed by atoms with Crippen LogP contribution in [0, 0.1) is 0 Å². The van der Waals surface area contributed by atoms with Crippen molar-refractivity contribution in [2.45, 2.75) is 32.4 Å². The van der Waals surface area contributed by atoms with Crippen molar-refractivity contribution in [1.82, 2.24) is 15.2 Å². The van der Waals surface area contributed by atoms with Gasteiger partial charge >= 0.3 is 0 Å². The van der Waals surface area contributed by atoms with E-state index in [1.165, 1.54) is 12.8 Å². The van der Waals surface area contributed by atoms with Gasteiger partial charge in [0.2, 0.25) is 12.7 Å². The summed E-state index contributed by atoms with van der Waals surface area (Å²) in [7, 11) is 0. The molecule has 0 saturated carbocycles. The molecule has 0 aliphatic carbocycles. The second-order valence-corrected chi connectivity index (χ2v) is 7.30. The lowest BCUT2D eigenvalue weighted by Crippen LogP contribution is -2.24. The molecule has 1 N–H and O–H groups in total. The summed E-state index contributed by atoms with van der Waals surface area (Å²) in [5, 5.41) is 6.03. The Morgan fingerprint density at radius 1 is 1.24 bits per heavy atom. The molecule has 1 fully saturated rings. The summed E-state index contributed by atoms with van der Waals surface area (Å²) in [6.07, 6.45) is 2.88. The van der Waals surface area contributed by atoms with E-state index >= 15 is 0 Å². The van der Waals surface area contributed by atoms with Gasteiger partial charge < -0.3 is 14.8 Å². The van der Waals surface area contributed by atoms with E-state index in [2.05, 4.69) is 15.2 Å². The summed E-state index contributed by atoms with van der Waals surface area (Å²) in [6, 6.07) is 5.71. The summed E-state index contributed by atoms with van der Waals surface area (Å²) in [4.78, 5) is 19.2. The van der Waals surface area contributed by atoms with E-state index in [9.17, 15) is 4.79 Å². The highest BCUT2D eigenvalue weighted by molar-refractivity contribution is 7.09. The van der Waals surface area contributed by atoms with Gasteiger partial charge in [-0.2, -0.15) is 0 Å². The highest BCUT2D eigenvalue weighted by Crippen LogP contribution is 2.32. The van der Waals surface area contributed by atoms with Gasteiger partial charge in [0.15, 0.2) is 11.5 Å². The third-order valence-corrected chi connectivity index (χ3v) is 5.31. The molecular weight excluding hydrogens is 338 g/mol. The van der Waals surface area contributed by atoms with Crippen LogP contribution in [-0.4, -0.2) is 35.7 Å². The van der Waals surface area contributed by atoms with E-state index in [4.69, 9.17) is 9.47 Å². The number of fused-ring (bicyclic) bond motifs is 1. The van der Waals surface area contributed by atoms with E-state index in [-0.39, 0.29) is 12.7 Å². The van der Waals surface area contributed by atoms with Crippen LogP contribution in [-0.2, 0) is 24.3 Å². The largest absolute Gasteiger partial charge is 0.454 e. The van der Waals surface area contributed by atoms with Gasteiger partial charge in [0.25, 0.3) is 0 Å². The molecule has 0 bridgehead atoms. The maximum absolute atomic E-state index is 12.2. The topological polar surface area (TPSA) is 63.7 Å². The van der Waals surface area contributed by atoms with Gasteiger partial charge in [0.05, 0.1) is 18.7 Å². The minimum Gasteiger partial charge on any atom is -0.454 e. The van der Waals surface area contributed by atoms with Gasteiger partial charge in [-0.1, -0.05) is 6.07 Å². The van der Waals surface area contributed by atoms with E-state index in [1.807, 2.05) is 23.6 Å². The van der Waals surface area contributed by atoms with Crippen LogP contribution in [0.5, 0.6) is 11.5 Å². The van der Waals surface area contributed by atoms with Crippen molar-refractivity contribution >= 4 is 17.2 Å². The zero-order valence-electron chi connectivity index (χ0n) is 14.0. The van der Waals surface area contributed by atoms with Crippen LogP contribution in [0.25, 0.3) is 0 Å². The van der Waals surface area contributed by atoms with Crippen molar-refractivity contribution in [2.24, 2.45) is 0 Å². The molecule has 6 nitrogen and oxygen atoms in total. The highest BCUT2D eigenvalue weighted by Gasteiger charge is 2.15. The lowest BCUT2D eigenvalue weighted by Gasteiger charge is -2.11. The summed E-state index contributed by atoms with van der Waals surface area (Å²) in [5.74, 6) is 1.47. The fraction of sp³-hybridized carbons (Fsp3) is 0.444. The molecule has 0 atom stereocenters. The number of hydrogen-bond donors (Lipinski definition) is 1. The maximum atomic E-state index is 12.2. The van der Waals surface area contributed by atoms with Crippen molar-refractivity contribution < 1.29 is 14.3 Å². The van der Waals surface area contributed by atoms with Crippen molar-refractivity contribution in [2.75, 3.05) is 19.9 Å². The van der Waals surface area contributed by atoms with Gasteiger partial charge in [-0.3, -0.25) is 9.69 Å². The minimum atomic E-state index is -0.0179. The number of hydrogen-bond acceptors (Lipinski definition) is 6. The number of nitrogens with one attached hydrogen (secondary N) is 1. The van der Waals surface area contributed by atoms with Crippen LogP contribution in [0.1, 0.15) is 29.1 Å². The Labute approximate surface area is 150 Å². The fourth-order valence-electron chi connectivity index (χ4n) is 3.11. The normalized spacial score (nSPS) is 16.3. The predicted octanol–water partition coefficient (Wildman–Crippen LogP) is 2.33. The molecule has 2 aliphatic rings. The quantitative estimate of drug-likeness (QED) is 0.858. The standard InChI is InChI=1S/C18H21N3O3S/c22-17(19-9-13-3-4-15-16(7-13)24-12-23-15)8-14-11-25-18(20-14)10-21-5-1-2-6-21/h3-4,7,11H,1-2,5-6,8-10,12H2,(H,19,22). The zero-order chi connectivity index (χ0) is 17.1. The first-order valence-electron chi connectivity index (χ1n) is 8.57. The van der Waals surface area contributed by atoms with E-state index in [0.29, 0.717) is 13.0 Å². The first kappa shape index (κ1) is 16.4. The zero-order valence-corrected chi connectivity index (χ0v) is 14.8. The predicted molar refractivity (Wildman–Crippen MR) is 94.7 cm³/mol. The van der Waals surface area contributed by atoms with Crippen molar-refractivity contribution in [3.05, 3.63) is 39.8 Å². The van der Waals surface area contributed by atoms with Crippen LogP contribution >= 0.6 is 11.3 Å². The Balaban J connectivity index is 1.26. The molecule has 2 aliphatic heterocycles. The van der Waals surface area contributed by atoms with Gasteiger partial charge in [0.1, 0.15) is 5.01 Å². The number of thiazole rings is 1. The van der Waals surface area contributed by atoms with Gasteiger partial charge in [-0.25, -0.2) is 4.98 Å². The summed E-state index contributed by atoms with van der Waals surface area (Å²) in [5.41, 5.74) is 1.84. The Bertz CT molecular complexity index is 756. The molecule has 4 rings (SSSR count). The Kier molecular flexibility index (Phi) is 4.85. The third-order valence-electron chi connectivity index (χ3n) is 4.43. The number of likely N-dealkylation sites (tertiary alicyclic amines) is 1. The van der Waals surface area contributed by atoms with Crippen LogP contribution in [0.3, 0.4) is 0 Å². The number of benzene rings is 1. The van der Waals surface area contributed by atoms with Crippen LogP contribution < -0.4 is 14.8 Å². The molecule has 1 aromatic carbocycles. The average Bonchev–Trinajstić information content (AvgIpc) is 3.35. The van der Waals surface area contributed by atoms with Crippen LogP contribution in [0.2, 0.25) is 0 Å². The Morgan fingerprint density at radius 3 is 2.96 bits per heavy atom. The molecule has 25 heavy (non-hydrogen) atoms. The molecule has 7 heteroatoms. The molecule has 132 valence electrons. The van der Waals surface area contributed by atoms with Gasteiger partial charge in [-0.15, -0.1) is 11.3 Å². The lowest BCUT2D eigenvalue weighted by atomic mass is 10.2. The van der Waals surface area contributed by atoms with Crippen LogP contribution in [0.15, 0.2) is 23.6 Å². The van der Waals surface area contributed by atoms with Gasteiger partial charge in [-0.05, 0) is 43.6 Å². The maximum Gasteiger partial charge on any atom is 0.231 e. The molecule has 0 spiro atoms. The number of amides is 1. The summed E-state index contributed by atoms with van der Waals surface area (Å²) < 4.78 is 10.6. The molecule has 1 saturated heterocycles. The molecule has 1 amide bonds. The fourth-order valence-corrected chi connectivity index (χ4v) is 3.95. The first-order valence-corrected chi connectivity index (χ1v) is 9.45. The summed E-state index contributed by atoms with van der Waals surface area (Å²) >= 11 is 1.64. The monoisotopic (exact) mass is 359 g/mol. The van der Waals surface area contributed by atoms with Crippen molar-refractivity contribution in [3.8, 4) is 11.5 Å². The smallest absolute Gasteiger partial charge is 0.231 e. The van der Waals surface area contributed by atoms with Crippen molar-refractivity contribution in [1.29, 1.82) is 0 Å². The molecule has 0 unspecified atom stereocenters. The molecule has 3 heterocycles. The van der Waals surface area contributed by atoms with Gasteiger partial charge in [0, 0.05) is 11.9 Å². The third kappa shape index (κ3) is 4.11. The Hall–Kier alpha value is -2.12. The highest BCUT2D eigenvalue weighted by atomic mass is 32.1. The number of ether oxygens (including phenoxy) is 2.